The first-order valence-corrected chi connectivity index (χ1v) is 19.8. The Morgan fingerprint density at radius 1 is 1.00 bits per heavy atom. The molecule has 58 heavy (non-hydrogen) atoms. The molecule has 0 spiro atoms. The molecule has 312 valence electrons. The van der Waals surface area contributed by atoms with E-state index in [0.29, 0.717) is 36.7 Å². The number of thiophene rings is 1. The van der Waals surface area contributed by atoms with Crippen LogP contribution in [0.15, 0.2) is 48.0 Å². The number of hydrogen-bond acceptors (Lipinski definition) is 8. The fourth-order valence-corrected chi connectivity index (χ4v) is 9.11. The molecule has 0 radical (unpaired) electrons. The van der Waals surface area contributed by atoms with Gasteiger partial charge >= 0.3 is 18.3 Å². The molecule has 18 heteroatoms. The van der Waals surface area contributed by atoms with Gasteiger partial charge in [-0.3, -0.25) is 19.4 Å². The number of aliphatic carboxylic acids is 1. The number of alkyl halides is 6. The normalized spacial score (nSPS) is 21.7. The highest BCUT2D eigenvalue weighted by Gasteiger charge is 2.57. The van der Waals surface area contributed by atoms with E-state index in [1.54, 1.807) is 6.92 Å². The zero-order valence-corrected chi connectivity index (χ0v) is 32.2. The van der Waals surface area contributed by atoms with Gasteiger partial charge in [0, 0.05) is 49.3 Å². The van der Waals surface area contributed by atoms with Crippen molar-refractivity contribution >= 4 is 29.1 Å². The number of carbonyl (C=O) groups excluding carboxylic acids is 2. The molecule has 2 unspecified atom stereocenters. The topological polar surface area (TPSA) is 133 Å². The molecule has 1 aromatic carbocycles. The smallest absolute Gasteiger partial charge is 0.425 e. The lowest BCUT2D eigenvalue weighted by Gasteiger charge is -2.51. The van der Waals surface area contributed by atoms with Gasteiger partial charge in [0.15, 0.2) is 11.6 Å². The molecule has 2 saturated heterocycles. The van der Waals surface area contributed by atoms with Crippen molar-refractivity contribution < 1.29 is 59.7 Å². The summed E-state index contributed by atoms with van der Waals surface area (Å²) < 4.78 is 111. The molecule has 0 bridgehead atoms. The monoisotopic (exact) mass is 838 g/mol. The zero-order chi connectivity index (χ0) is 42.1. The van der Waals surface area contributed by atoms with Gasteiger partial charge in [-0.1, -0.05) is 31.9 Å². The number of halogens is 7. The first kappa shape index (κ1) is 42.7. The first-order chi connectivity index (χ1) is 27.4. The largest absolute Gasteiger partial charge is 0.490 e. The highest BCUT2D eigenvalue weighted by Crippen LogP contribution is 2.47. The van der Waals surface area contributed by atoms with Crippen molar-refractivity contribution in [2.45, 2.75) is 101 Å². The van der Waals surface area contributed by atoms with Crippen LogP contribution in [0.1, 0.15) is 97.6 Å². The molecule has 2 aliphatic heterocycles. The second-order valence-corrected chi connectivity index (χ2v) is 16.0. The number of benzene rings is 1. The van der Waals surface area contributed by atoms with E-state index in [2.05, 4.69) is 11.1 Å². The average Bonchev–Trinajstić information content (AvgIpc) is 3.65. The third-order valence-corrected chi connectivity index (χ3v) is 12.7. The summed E-state index contributed by atoms with van der Waals surface area (Å²) in [7, 11) is 0. The molecule has 10 nitrogen and oxygen atoms in total. The van der Waals surface area contributed by atoms with Crippen LogP contribution in [0, 0.1) is 22.6 Å². The molecule has 4 heterocycles. The number of amides is 2. The highest BCUT2D eigenvalue weighted by molar-refractivity contribution is 7.10. The van der Waals surface area contributed by atoms with E-state index < -0.39 is 74.6 Å². The summed E-state index contributed by atoms with van der Waals surface area (Å²) >= 11 is 0.332. The SMILES string of the molecule is CCCC1N(C(=O)c2ncccc2C(F)(F)F)CCCC1(Oc1csc(C(F)(F)F)c1)C(=O)N1CCC(C#N)(c2cccc(F)c2OCCC2(C(=O)O)CCC2)CC1. The van der Waals surface area contributed by atoms with Crippen LogP contribution in [0.2, 0.25) is 0 Å². The van der Waals surface area contributed by atoms with Crippen LogP contribution < -0.4 is 9.47 Å². The van der Waals surface area contributed by atoms with Crippen molar-refractivity contribution in [3.8, 4) is 17.6 Å². The van der Waals surface area contributed by atoms with Crippen molar-refractivity contribution in [3.05, 3.63) is 75.5 Å². The number of nitriles is 1. The lowest BCUT2D eigenvalue weighted by atomic mass is 9.67. The van der Waals surface area contributed by atoms with E-state index in [4.69, 9.17) is 9.47 Å². The average molecular weight is 839 g/mol. The molecule has 3 aromatic rings. The second-order valence-electron chi connectivity index (χ2n) is 15.1. The number of carboxylic acid groups (broad SMARTS) is 1. The number of pyridine rings is 1. The Kier molecular flexibility index (Phi) is 12.1. The fourth-order valence-electron chi connectivity index (χ4n) is 8.43. The number of nitrogens with zero attached hydrogens (tertiary/aromatic N) is 4. The van der Waals surface area contributed by atoms with Gasteiger partial charge in [-0.05, 0) is 63.1 Å². The molecule has 3 aliphatic rings. The van der Waals surface area contributed by atoms with Crippen LogP contribution in [0.25, 0.3) is 0 Å². The van der Waals surface area contributed by atoms with E-state index in [1.165, 1.54) is 17.0 Å². The Morgan fingerprint density at radius 3 is 2.31 bits per heavy atom. The van der Waals surface area contributed by atoms with Crippen LogP contribution in [0.3, 0.4) is 0 Å². The van der Waals surface area contributed by atoms with Crippen molar-refractivity contribution in [1.82, 2.24) is 14.8 Å². The summed E-state index contributed by atoms with van der Waals surface area (Å²) in [5.74, 6) is -4.11. The van der Waals surface area contributed by atoms with Crippen LogP contribution >= 0.6 is 11.3 Å². The summed E-state index contributed by atoms with van der Waals surface area (Å²) in [5.41, 5.74) is -6.40. The Bertz CT molecular complexity index is 2050. The molecule has 2 amide bonds. The minimum Gasteiger partial charge on any atom is -0.490 e. The van der Waals surface area contributed by atoms with E-state index in [-0.39, 0.29) is 81.8 Å². The molecule has 3 fully saturated rings. The first-order valence-electron chi connectivity index (χ1n) is 18.9. The van der Waals surface area contributed by atoms with Gasteiger partial charge in [-0.15, -0.1) is 11.3 Å². The maximum Gasteiger partial charge on any atom is 0.425 e. The summed E-state index contributed by atoms with van der Waals surface area (Å²) in [6.45, 7) is 1.24. The fraction of sp³-hybridized carbons (Fsp3) is 0.525. The van der Waals surface area contributed by atoms with Crippen molar-refractivity contribution in [3.63, 3.8) is 0 Å². The predicted molar refractivity (Wildman–Crippen MR) is 194 cm³/mol. The Balaban J connectivity index is 1.32. The number of ether oxygens (including phenoxy) is 2. The quantitative estimate of drug-likeness (QED) is 0.179. The second kappa shape index (κ2) is 16.4. The molecule has 2 atom stereocenters. The number of likely N-dealkylation sites (tertiary alicyclic amines) is 2. The number of carboxylic acids is 1. The van der Waals surface area contributed by atoms with Gasteiger partial charge in [0.05, 0.1) is 35.1 Å². The van der Waals surface area contributed by atoms with Crippen LogP contribution in [0.4, 0.5) is 30.7 Å². The maximum absolute atomic E-state index is 15.4. The molecule has 1 aliphatic carbocycles. The van der Waals surface area contributed by atoms with Gasteiger partial charge in [-0.2, -0.15) is 31.6 Å². The number of rotatable bonds is 12. The predicted octanol–water partition coefficient (Wildman–Crippen LogP) is 8.65. The number of carbonyl (C=O) groups is 3. The number of hydrogen-bond donors (Lipinski definition) is 1. The minimum absolute atomic E-state index is 0.0189. The van der Waals surface area contributed by atoms with Gasteiger partial charge < -0.3 is 24.4 Å². The van der Waals surface area contributed by atoms with Crippen molar-refractivity contribution in [2.75, 3.05) is 26.2 Å². The number of aromatic nitrogens is 1. The van der Waals surface area contributed by atoms with Crippen molar-refractivity contribution in [1.29, 1.82) is 5.26 Å². The van der Waals surface area contributed by atoms with Crippen molar-refractivity contribution in [2.24, 2.45) is 5.41 Å². The van der Waals surface area contributed by atoms with E-state index in [0.717, 1.165) is 41.1 Å². The Labute approximate surface area is 333 Å². The van der Waals surface area contributed by atoms with Gasteiger partial charge in [-0.25, -0.2) is 4.39 Å². The molecule has 6 rings (SSSR count). The van der Waals surface area contributed by atoms with Gasteiger partial charge in [0.25, 0.3) is 11.8 Å². The van der Waals surface area contributed by atoms with Crippen LogP contribution in [-0.4, -0.2) is 75.6 Å². The zero-order valence-electron chi connectivity index (χ0n) is 31.4. The summed E-state index contributed by atoms with van der Waals surface area (Å²) in [5, 5.41) is 21.4. The molecule has 2 aromatic heterocycles. The Hall–Kier alpha value is -4.92. The third kappa shape index (κ3) is 8.06. The maximum atomic E-state index is 15.4. The van der Waals surface area contributed by atoms with Crippen LogP contribution in [0.5, 0.6) is 11.5 Å². The van der Waals surface area contributed by atoms with Gasteiger partial charge in [0.2, 0.25) is 5.60 Å². The molecular weight excluding hydrogens is 798 g/mol. The van der Waals surface area contributed by atoms with Gasteiger partial charge in [0.1, 0.15) is 16.3 Å². The lowest BCUT2D eigenvalue weighted by Crippen LogP contribution is -2.68. The summed E-state index contributed by atoms with van der Waals surface area (Å²) in [6.07, 6.45) is -6.71. The minimum atomic E-state index is -4.95. The van der Waals surface area contributed by atoms with E-state index in [1.807, 2.05) is 0 Å². The van der Waals surface area contributed by atoms with E-state index >= 15 is 9.18 Å². The molecule has 1 saturated carbocycles. The summed E-state index contributed by atoms with van der Waals surface area (Å²) in [4.78, 5) is 46.2. The lowest BCUT2D eigenvalue weighted by molar-refractivity contribution is -0.161. The molecule has 1 N–H and O–H groups in total. The summed E-state index contributed by atoms with van der Waals surface area (Å²) in [6, 6.07) is 7.59. The third-order valence-electron chi connectivity index (χ3n) is 11.7. The Morgan fingerprint density at radius 2 is 1.72 bits per heavy atom. The molecular formula is C40H41F7N4O6S. The van der Waals surface area contributed by atoms with E-state index in [9.17, 15) is 46.3 Å². The van der Waals surface area contributed by atoms with Crippen LogP contribution in [-0.2, 0) is 27.4 Å². The standard InChI is InChI=1S/C40H41F7N4O6S/c1-2-7-29-38(57-25-22-30(58-23-25)40(45,46)47,13-6-18-51(29)33(52)31-26(39(42,43)44)9-4-17-49-31)34(53)50-19-14-37(24-48,15-20-50)27-8-3-10-28(41)32(27)56-21-16-36(35(54)55)11-5-12-36/h3-4,8-10,17,22-23,29H,2,5-7,11-16,18-21H2,1H3,(H,54,55). The number of para-hydroxylation sites is 1. The number of piperidine rings is 2. The highest BCUT2D eigenvalue weighted by atomic mass is 32.1.